The lowest BCUT2D eigenvalue weighted by Crippen LogP contribution is -2.15. The summed E-state index contributed by atoms with van der Waals surface area (Å²) in [5, 5.41) is 8.55. The molecule has 15 heavy (non-hydrogen) atoms. The summed E-state index contributed by atoms with van der Waals surface area (Å²) in [6.07, 6.45) is 0. The Labute approximate surface area is 91.5 Å². The first-order chi connectivity index (χ1) is 7.15. The number of aliphatic hydroxyl groups is 1. The lowest BCUT2D eigenvalue weighted by atomic mass is 10.1. The van der Waals surface area contributed by atoms with Crippen LogP contribution in [-0.2, 0) is 0 Å². The molecule has 1 rings (SSSR count). The van der Waals surface area contributed by atoms with Crippen molar-refractivity contribution in [3.05, 3.63) is 35.4 Å². The molecule has 1 aromatic rings. The van der Waals surface area contributed by atoms with Crippen molar-refractivity contribution in [1.29, 1.82) is 0 Å². The van der Waals surface area contributed by atoms with Crippen molar-refractivity contribution >= 4 is 11.8 Å². The molecule has 0 heterocycles. The molecule has 0 aliphatic rings. The average Bonchev–Trinajstić information content (AvgIpc) is 2.22. The van der Waals surface area contributed by atoms with Crippen LogP contribution in [0.4, 0.5) is 8.78 Å². The van der Waals surface area contributed by atoms with Crippen molar-refractivity contribution in [2.45, 2.75) is 6.04 Å². The Morgan fingerprint density at radius 2 is 2.13 bits per heavy atom. The van der Waals surface area contributed by atoms with E-state index in [1.54, 1.807) is 0 Å². The van der Waals surface area contributed by atoms with Crippen molar-refractivity contribution in [3.8, 4) is 0 Å². The summed E-state index contributed by atoms with van der Waals surface area (Å²) in [4.78, 5) is 0. The molecule has 1 atom stereocenters. The van der Waals surface area contributed by atoms with Crippen LogP contribution in [-0.4, -0.2) is 23.2 Å². The van der Waals surface area contributed by atoms with E-state index in [0.717, 1.165) is 18.2 Å². The van der Waals surface area contributed by atoms with E-state index >= 15 is 0 Å². The lowest BCUT2D eigenvalue weighted by Gasteiger charge is -2.12. The first-order valence-electron chi connectivity index (χ1n) is 4.54. The number of hydrogen-bond acceptors (Lipinski definition) is 3. The van der Waals surface area contributed by atoms with Crippen LogP contribution in [0.15, 0.2) is 18.2 Å². The quantitative estimate of drug-likeness (QED) is 0.761. The van der Waals surface area contributed by atoms with E-state index in [0.29, 0.717) is 11.5 Å². The first-order valence-corrected chi connectivity index (χ1v) is 5.69. The van der Waals surface area contributed by atoms with Crippen molar-refractivity contribution in [3.63, 3.8) is 0 Å². The summed E-state index contributed by atoms with van der Waals surface area (Å²) < 4.78 is 26.1. The summed E-state index contributed by atoms with van der Waals surface area (Å²) in [5.41, 5.74) is 5.88. The molecule has 1 unspecified atom stereocenters. The molecular weight excluding hydrogens is 220 g/mol. The van der Waals surface area contributed by atoms with Gasteiger partial charge in [0.2, 0.25) is 0 Å². The maximum Gasteiger partial charge on any atom is 0.128 e. The minimum Gasteiger partial charge on any atom is -0.396 e. The van der Waals surface area contributed by atoms with Gasteiger partial charge in [0.05, 0.1) is 6.61 Å². The van der Waals surface area contributed by atoms with E-state index in [1.807, 2.05) is 0 Å². The standard InChI is InChI=1S/C10H13F2NOS/c11-7-1-2-9(12)8(5-7)10(13)6-15-4-3-14/h1-2,5,10,14H,3-4,6,13H2. The predicted molar refractivity (Wildman–Crippen MR) is 57.7 cm³/mol. The molecular formula is C10H13F2NOS. The number of rotatable bonds is 5. The van der Waals surface area contributed by atoms with Crippen LogP contribution in [0.2, 0.25) is 0 Å². The largest absolute Gasteiger partial charge is 0.396 e. The van der Waals surface area contributed by atoms with Crippen molar-refractivity contribution in [2.75, 3.05) is 18.1 Å². The number of hydrogen-bond donors (Lipinski definition) is 2. The van der Waals surface area contributed by atoms with Crippen LogP contribution in [0.1, 0.15) is 11.6 Å². The molecule has 0 saturated carbocycles. The number of nitrogens with two attached hydrogens (primary N) is 1. The molecule has 2 nitrogen and oxygen atoms in total. The van der Waals surface area contributed by atoms with Crippen LogP contribution in [0.5, 0.6) is 0 Å². The van der Waals surface area contributed by atoms with E-state index < -0.39 is 17.7 Å². The predicted octanol–water partition coefficient (Wildman–Crippen LogP) is 1.69. The van der Waals surface area contributed by atoms with Gasteiger partial charge in [-0.15, -0.1) is 0 Å². The molecule has 84 valence electrons. The Morgan fingerprint density at radius 1 is 1.40 bits per heavy atom. The van der Waals surface area contributed by atoms with Gasteiger partial charge in [-0.3, -0.25) is 0 Å². The highest BCUT2D eigenvalue weighted by atomic mass is 32.2. The fourth-order valence-corrected chi connectivity index (χ4v) is 1.89. The minimum atomic E-state index is -0.544. The fraction of sp³-hybridized carbons (Fsp3) is 0.400. The molecule has 0 aliphatic carbocycles. The number of aliphatic hydroxyl groups excluding tert-OH is 1. The molecule has 0 bridgehead atoms. The fourth-order valence-electron chi connectivity index (χ4n) is 1.16. The first kappa shape index (κ1) is 12.4. The summed E-state index contributed by atoms with van der Waals surface area (Å²) in [6, 6.07) is 2.70. The molecule has 0 radical (unpaired) electrons. The Kier molecular flexibility index (Phi) is 5.01. The van der Waals surface area contributed by atoms with Gasteiger partial charge in [0.1, 0.15) is 11.6 Å². The van der Waals surface area contributed by atoms with E-state index in [4.69, 9.17) is 10.8 Å². The summed E-state index contributed by atoms with van der Waals surface area (Å²) in [5.74, 6) is 0.0217. The molecule has 5 heteroatoms. The third-order valence-corrected chi connectivity index (χ3v) is 2.96. The topological polar surface area (TPSA) is 46.2 Å². The summed E-state index contributed by atoms with van der Waals surface area (Å²) >= 11 is 1.41. The molecule has 0 saturated heterocycles. The third-order valence-electron chi connectivity index (χ3n) is 1.89. The van der Waals surface area contributed by atoms with E-state index in [2.05, 4.69) is 0 Å². The number of halogens is 2. The molecule has 0 fully saturated rings. The molecule has 0 aliphatic heterocycles. The lowest BCUT2D eigenvalue weighted by molar-refractivity contribution is 0.322. The number of thioether (sulfide) groups is 1. The van der Waals surface area contributed by atoms with Crippen LogP contribution in [0, 0.1) is 11.6 Å². The van der Waals surface area contributed by atoms with Crippen LogP contribution in [0.3, 0.4) is 0 Å². The molecule has 3 N–H and O–H groups in total. The van der Waals surface area contributed by atoms with Gasteiger partial charge in [-0.25, -0.2) is 8.78 Å². The normalized spacial score (nSPS) is 12.8. The SMILES string of the molecule is NC(CSCCO)c1cc(F)ccc1F. The highest BCUT2D eigenvalue weighted by Gasteiger charge is 2.12. The zero-order chi connectivity index (χ0) is 11.3. The summed E-state index contributed by atoms with van der Waals surface area (Å²) in [6.45, 7) is 0.0586. The highest BCUT2D eigenvalue weighted by molar-refractivity contribution is 7.99. The second-order valence-corrected chi connectivity index (χ2v) is 4.22. The zero-order valence-electron chi connectivity index (χ0n) is 8.12. The van der Waals surface area contributed by atoms with Gasteiger partial charge in [-0.2, -0.15) is 11.8 Å². The second kappa shape index (κ2) is 6.05. The van der Waals surface area contributed by atoms with Crippen LogP contribution >= 0.6 is 11.8 Å². The van der Waals surface area contributed by atoms with Gasteiger partial charge >= 0.3 is 0 Å². The third kappa shape index (κ3) is 3.77. The molecule has 1 aromatic carbocycles. The average molecular weight is 233 g/mol. The van der Waals surface area contributed by atoms with Gasteiger partial charge in [-0.05, 0) is 18.2 Å². The Morgan fingerprint density at radius 3 is 2.80 bits per heavy atom. The van der Waals surface area contributed by atoms with E-state index in [9.17, 15) is 8.78 Å². The second-order valence-electron chi connectivity index (χ2n) is 3.07. The monoisotopic (exact) mass is 233 g/mol. The van der Waals surface area contributed by atoms with Gasteiger partial charge in [-0.1, -0.05) is 0 Å². The molecule has 0 aromatic heterocycles. The molecule has 0 amide bonds. The van der Waals surface area contributed by atoms with Crippen LogP contribution in [0.25, 0.3) is 0 Å². The van der Waals surface area contributed by atoms with Gasteiger partial charge in [0, 0.05) is 23.1 Å². The Hall–Kier alpha value is -0.650. The van der Waals surface area contributed by atoms with Crippen molar-refractivity contribution < 1.29 is 13.9 Å². The van der Waals surface area contributed by atoms with Crippen LogP contribution < -0.4 is 5.73 Å². The maximum atomic E-state index is 13.2. The maximum absolute atomic E-state index is 13.2. The van der Waals surface area contributed by atoms with Crippen molar-refractivity contribution in [1.82, 2.24) is 0 Å². The molecule has 0 spiro atoms. The summed E-state index contributed by atoms with van der Waals surface area (Å²) in [7, 11) is 0. The van der Waals surface area contributed by atoms with Crippen molar-refractivity contribution in [2.24, 2.45) is 5.73 Å². The Balaban J connectivity index is 2.64. The minimum absolute atomic E-state index is 0.0586. The van der Waals surface area contributed by atoms with E-state index in [-0.39, 0.29) is 12.2 Å². The van der Waals surface area contributed by atoms with Gasteiger partial charge in [0.15, 0.2) is 0 Å². The van der Waals surface area contributed by atoms with Gasteiger partial charge < -0.3 is 10.8 Å². The zero-order valence-corrected chi connectivity index (χ0v) is 8.94. The van der Waals surface area contributed by atoms with Gasteiger partial charge in [0.25, 0.3) is 0 Å². The smallest absolute Gasteiger partial charge is 0.128 e. The Bertz CT molecular complexity index is 322. The number of benzene rings is 1. The highest BCUT2D eigenvalue weighted by Crippen LogP contribution is 2.19. The van der Waals surface area contributed by atoms with E-state index in [1.165, 1.54) is 11.8 Å².